The van der Waals surface area contributed by atoms with Crippen molar-refractivity contribution in [1.29, 1.82) is 0 Å². The zero-order valence-corrected chi connectivity index (χ0v) is 10.3. The molecule has 0 aromatic carbocycles. The molecule has 1 aromatic rings. The smallest absolute Gasteiger partial charge is 0.123 e. The molecule has 1 fully saturated rings. The summed E-state index contributed by atoms with van der Waals surface area (Å²) in [7, 11) is 1.97. The van der Waals surface area contributed by atoms with Crippen molar-refractivity contribution < 1.29 is 0 Å². The Bertz CT molecular complexity index is 326. The van der Waals surface area contributed by atoms with Gasteiger partial charge in [0, 0.05) is 31.6 Å². The van der Waals surface area contributed by atoms with Crippen molar-refractivity contribution >= 4 is 5.82 Å². The maximum atomic E-state index is 4.17. The van der Waals surface area contributed by atoms with Gasteiger partial charge in [-0.1, -0.05) is 13.3 Å². The van der Waals surface area contributed by atoms with Crippen LogP contribution in [-0.4, -0.2) is 29.4 Å². The second-order valence-corrected chi connectivity index (χ2v) is 4.87. The van der Waals surface area contributed by atoms with Crippen LogP contribution in [-0.2, 0) is 7.05 Å². The molecule has 1 aliphatic rings. The Balaban J connectivity index is 1.94. The van der Waals surface area contributed by atoms with E-state index in [0.717, 1.165) is 25.5 Å². The van der Waals surface area contributed by atoms with Gasteiger partial charge in [-0.15, -0.1) is 0 Å². The highest BCUT2D eigenvalue weighted by atomic mass is 15.3. The van der Waals surface area contributed by atoms with E-state index in [4.69, 9.17) is 0 Å². The molecule has 4 heteroatoms. The van der Waals surface area contributed by atoms with Gasteiger partial charge in [-0.25, -0.2) is 0 Å². The third-order valence-corrected chi connectivity index (χ3v) is 3.58. The van der Waals surface area contributed by atoms with E-state index < -0.39 is 0 Å². The molecular weight excluding hydrogens is 200 g/mol. The first-order valence-corrected chi connectivity index (χ1v) is 6.18. The van der Waals surface area contributed by atoms with E-state index in [2.05, 4.69) is 22.7 Å². The third-order valence-electron chi connectivity index (χ3n) is 3.58. The van der Waals surface area contributed by atoms with Crippen molar-refractivity contribution in [3.05, 3.63) is 12.3 Å². The molecular formula is C12H22N4. The summed E-state index contributed by atoms with van der Waals surface area (Å²) in [5.74, 6) is 1.11. The summed E-state index contributed by atoms with van der Waals surface area (Å²) in [6.45, 7) is 5.62. The molecule has 1 saturated heterocycles. The fourth-order valence-electron chi connectivity index (χ4n) is 2.60. The molecule has 2 N–H and O–H groups in total. The minimum atomic E-state index is 0.443. The third kappa shape index (κ3) is 2.38. The second kappa shape index (κ2) is 4.87. The van der Waals surface area contributed by atoms with Crippen LogP contribution in [0.5, 0.6) is 0 Å². The van der Waals surface area contributed by atoms with Gasteiger partial charge in [0.1, 0.15) is 5.82 Å². The van der Waals surface area contributed by atoms with Crippen LogP contribution in [0.3, 0.4) is 0 Å². The molecule has 90 valence electrons. The monoisotopic (exact) mass is 222 g/mol. The van der Waals surface area contributed by atoms with Gasteiger partial charge in [-0.3, -0.25) is 4.68 Å². The van der Waals surface area contributed by atoms with Gasteiger partial charge in [0.15, 0.2) is 0 Å². The van der Waals surface area contributed by atoms with E-state index >= 15 is 0 Å². The van der Waals surface area contributed by atoms with Gasteiger partial charge in [-0.05, 0) is 19.4 Å². The van der Waals surface area contributed by atoms with E-state index in [0.29, 0.717) is 5.41 Å². The Labute approximate surface area is 97.4 Å². The van der Waals surface area contributed by atoms with Gasteiger partial charge < -0.3 is 10.6 Å². The Morgan fingerprint density at radius 1 is 1.62 bits per heavy atom. The molecule has 0 radical (unpaired) electrons. The number of nitrogens with zero attached hydrogens (tertiary/aromatic N) is 2. The van der Waals surface area contributed by atoms with E-state index in [-0.39, 0.29) is 0 Å². The lowest BCUT2D eigenvalue weighted by molar-refractivity contribution is 0.313. The number of hydrogen-bond acceptors (Lipinski definition) is 3. The summed E-state index contributed by atoms with van der Waals surface area (Å²) < 4.78 is 1.89. The topological polar surface area (TPSA) is 41.9 Å². The number of rotatable bonds is 5. The summed E-state index contributed by atoms with van der Waals surface area (Å²) in [5.41, 5.74) is 0.443. The van der Waals surface area contributed by atoms with Gasteiger partial charge in [0.2, 0.25) is 0 Å². The molecule has 4 nitrogen and oxygen atoms in total. The lowest BCUT2D eigenvalue weighted by atomic mass is 9.82. The summed E-state index contributed by atoms with van der Waals surface area (Å²) in [5, 5.41) is 11.2. The van der Waals surface area contributed by atoms with Crippen molar-refractivity contribution in [2.45, 2.75) is 26.2 Å². The van der Waals surface area contributed by atoms with Gasteiger partial charge in [0.25, 0.3) is 0 Å². The normalized spacial score (nSPS) is 24.9. The molecule has 2 rings (SSSR count). The minimum Gasteiger partial charge on any atom is -0.370 e. The number of aromatic nitrogens is 2. The average Bonchev–Trinajstić information content (AvgIpc) is 2.86. The van der Waals surface area contributed by atoms with Crippen LogP contribution in [0, 0.1) is 5.41 Å². The van der Waals surface area contributed by atoms with Crippen LogP contribution in [0.25, 0.3) is 0 Å². The van der Waals surface area contributed by atoms with Crippen molar-refractivity contribution in [3.63, 3.8) is 0 Å². The first kappa shape index (κ1) is 11.5. The Kier molecular flexibility index (Phi) is 3.49. The van der Waals surface area contributed by atoms with E-state index in [9.17, 15) is 0 Å². The van der Waals surface area contributed by atoms with Crippen molar-refractivity contribution in [3.8, 4) is 0 Å². The number of aryl methyl sites for hydroxylation is 1. The molecule has 1 aromatic heterocycles. The quantitative estimate of drug-likeness (QED) is 0.795. The van der Waals surface area contributed by atoms with E-state index in [1.807, 2.05) is 24.0 Å². The molecule has 1 atom stereocenters. The van der Waals surface area contributed by atoms with Crippen LogP contribution in [0.1, 0.15) is 26.2 Å². The van der Waals surface area contributed by atoms with Crippen LogP contribution in [0.4, 0.5) is 5.82 Å². The first-order valence-electron chi connectivity index (χ1n) is 6.18. The SMILES string of the molecule is CCCC1(CNc2ccnn2C)CCNC1. The molecule has 0 spiro atoms. The predicted octanol–water partition coefficient (Wildman–Crippen LogP) is 1.61. The van der Waals surface area contributed by atoms with Crippen molar-refractivity contribution in [1.82, 2.24) is 15.1 Å². The molecule has 0 saturated carbocycles. The fraction of sp³-hybridized carbons (Fsp3) is 0.750. The van der Waals surface area contributed by atoms with Crippen LogP contribution in [0.2, 0.25) is 0 Å². The summed E-state index contributed by atoms with van der Waals surface area (Å²) in [6.07, 6.45) is 5.67. The largest absolute Gasteiger partial charge is 0.370 e. The van der Waals surface area contributed by atoms with Crippen molar-refractivity contribution in [2.24, 2.45) is 12.5 Å². The van der Waals surface area contributed by atoms with Gasteiger partial charge in [-0.2, -0.15) is 5.10 Å². The van der Waals surface area contributed by atoms with Crippen LogP contribution >= 0.6 is 0 Å². The van der Waals surface area contributed by atoms with E-state index in [1.165, 1.54) is 19.3 Å². The lowest BCUT2D eigenvalue weighted by Gasteiger charge is -2.28. The number of anilines is 1. The molecule has 0 amide bonds. The van der Waals surface area contributed by atoms with Gasteiger partial charge >= 0.3 is 0 Å². The highest BCUT2D eigenvalue weighted by Crippen LogP contribution is 2.31. The second-order valence-electron chi connectivity index (χ2n) is 4.87. The molecule has 2 heterocycles. The standard InChI is InChI=1S/C12H22N4/c1-3-5-12(6-8-13-9-12)10-14-11-4-7-15-16(11)2/h4,7,13-14H,3,5-6,8-10H2,1-2H3. The number of nitrogens with one attached hydrogen (secondary N) is 2. The zero-order valence-electron chi connectivity index (χ0n) is 10.3. The van der Waals surface area contributed by atoms with Gasteiger partial charge in [0.05, 0.1) is 6.20 Å². The predicted molar refractivity (Wildman–Crippen MR) is 66.5 cm³/mol. The minimum absolute atomic E-state index is 0.443. The van der Waals surface area contributed by atoms with E-state index in [1.54, 1.807) is 0 Å². The molecule has 1 unspecified atom stereocenters. The summed E-state index contributed by atoms with van der Waals surface area (Å²) >= 11 is 0. The Hall–Kier alpha value is -1.03. The lowest BCUT2D eigenvalue weighted by Crippen LogP contribution is -2.32. The molecule has 1 aliphatic heterocycles. The maximum Gasteiger partial charge on any atom is 0.123 e. The average molecular weight is 222 g/mol. The highest BCUT2D eigenvalue weighted by molar-refractivity contribution is 5.33. The maximum absolute atomic E-state index is 4.17. The first-order chi connectivity index (χ1) is 7.76. The Morgan fingerprint density at radius 3 is 3.06 bits per heavy atom. The van der Waals surface area contributed by atoms with Crippen LogP contribution < -0.4 is 10.6 Å². The number of hydrogen-bond donors (Lipinski definition) is 2. The summed E-state index contributed by atoms with van der Waals surface area (Å²) in [4.78, 5) is 0. The van der Waals surface area contributed by atoms with Crippen molar-refractivity contribution in [2.75, 3.05) is 25.0 Å². The summed E-state index contributed by atoms with van der Waals surface area (Å²) in [6, 6.07) is 2.03. The highest BCUT2D eigenvalue weighted by Gasteiger charge is 2.32. The Morgan fingerprint density at radius 2 is 2.50 bits per heavy atom. The van der Waals surface area contributed by atoms with Crippen LogP contribution in [0.15, 0.2) is 12.3 Å². The fourth-order valence-corrected chi connectivity index (χ4v) is 2.60. The molecule has 0 aliphatic carbocycles. The molecule has 16 heavy (non-hydrogen) atoms. The zero-order chi connectivity index (χ0) is 11.4. The molecule has 0 bridgehead atoms.